The standard InChI is InChI=1S/C28H30N6O6S/c1-2-14-40-26-9-8-20(41(38,39)33-12-10-32(11-13-33)18-19-6-4-3-5-7-19)15-22(26)27-30-24-17-23(29)25(34(36)37)16-21(24)28(35)31-27/h3-9,15-17H,2,10-14,18,29H2,1H3,(H,30,31,35). The minimum absolute atomic E-state index is 0.0113. The van der Waals surface area contributed by atoms with Crippen LogP contribution >= 0.6 is 0 Å². The van der Waals surface area contributed by atoms with Crippen LogP contribution in [-0.4, -0.2) is 65.3 Å². The summed E-state index contributed by atoms with van der Waals surface area (Å²) >= 11 is 0. The van der Waals surface area contributed by atoms with Gasteiger partial charge in [-0.15, -0.1) is 0 Å². The summed E-state index contributed by atoms with van der Waals surface area (Å²) in [7, 11) is -3.86. The molecule has 0 unspecified atom stereocenters. The Morgan fingerprint density at radius 1 is 1.07 bits per heavy atom. The number of nitro groups is 1. The predicted molar refractivity (Wildman–Crippen MR) is 155 cm³/mol. The first-order chi connectivity index (χ1) is 19.7. The van der Waals surface area contributed by atoms with E-state index in [9.17, 15) is 23.3 Å². The van der Waals surface area contributed by atoms with E-state index < -0.39 is 26.2 Å². The highest BCUT2D eigenvalue weighted by Crippen LogP contribution is 2.33. The molecule has 1 aliphatic heterocycles. The fourth-order valence-corrected chi connectivity index (χ4v) is 6.24. The monoisotopic (exact) mass is 578 g/mol. The van der Waals surface area contributed by atoms with Crippen LogP contribution in [-0.2, 0) is 16.6 Å². The Kier molecular flexibility index (Phi) is 8.01. The van der Waals surface area contributed by atoms with Crippen molar-refractivity contribution in [2.75, 3.05) is 38.5 Å². The second-order valence-corrected chi connectivity index (χ2v) is 11.7. The van der Waals surface area contributed by atoms with E-state index in [2.05, 4.69) is 14.9 Å². The number of aromatic amines is 1. The molecule has 3 N–H and O–H groups in total. The molecule has 0 atom stereocenters. The molecule has 0 saturated carbocycles. The minimum Gasteiger partial charge on any atom is -0.493 e. The third-order valence-corrected chi connectivity index (χ3v) is 8.83. The zero-order chi connectivity index (χ0) is 29.1. The molecule has 0 bridgehead atoms. The summed E-state index contributed by atoms with van der Waals surface area (Å²) in [5.41, 5.74) is 6.24. The highest BCUT2D eigenvalue weighted by atomic mass is 32.2. The number of ether oxygens (including phenoxy) is 1. The third kappa shape index (κ3) is 5.92. The highest BCUT2D eigenvalue weighted by Gasteiger charge is 2.30. The number of nitrogens with one attached hydrogen (secondary N) is 1. The lowest BCUT2D eigenvalue weighted by Gasteiger charge is -2.34. The molecule has 0 spiro atoms. The average Bonchev–Trinajstić information content (AvgIpc) is 2.96. The van der Waals surface area contributed by atoms with Gasteiger partial charge in [0.1, 0.15) is 17.3 Å². The van der Waals surface area contributed by atoms with Gasteiger partial charge < -0.3 is 15.5 Å². The summed E-state index contributed by atoms with van der Waals surface area (Å²) in [6.45, 7) is 4.89. The van der Waals surface area contributed by atoms with Crippen molar-refractivity contribution in [3.8, 4) is 17.1 Å². The first kappa shape index (κ1) is 28.2. The molecular weight excluding hydrogens is 548 g/mol. The van der Waals surface area contributed by atoms with Crippen molar-refractivity contribution in [1.82, 2.24) is 19.2 Å². The Hall–Kier alpha value is -4.33. The van der Waals surface area contributed by atoms with Crippen LogP contribution in [0.25, 0.3) is 22.3 Å². The molecule has 12 nitrogen and oxygen atoms in total. The van der Waals surface area contributed by atoms with Gasteiger partial charge in [-0.1, -0.05) is 37.3 Å². The zero-order valence-electron chi connectivity index (χ0n) is 22.4. The molecule has 0 radical (unpaired) electrons. The van der Waals surface area contributed by atoms with Gasteiger partial charge in [-0.05, 0) is 36.2 Å². The number of nitrogens with zero attached hydrogens (tertiary/aromatic N) is 4. The number of rotatable bonds is 9. The van der Waals surface area contributed by atoms with Crippen LogP contribution in [0, 0.1) is 10.1 Å². The molecule has 4 aromatic rings. The van der Waals surface area contributed by atoms with Gasteiger partial charge in [-0.3, -0.25) is 19.8 Å². The molecule has 1 saturated heterocycles. The molecule has 1 aromatic heterocycles. The molecule has 2 heterocycles. The van der Waals surface area contributed by atoms with Crippen LogP contribution in [0.1, 0.15) is 18.9 Å². The van der Waals surface area contributed by atoms with Gasteiger partial charge in [0.05, 0.1) is 32.9 Å². The van der Waals surface area contributed by atoms with Gasteiger partial charge in [-0.25, -0.2) is 13.4 Å². The number of H-pyrrole nitrogens is 1. The lowest BCUT2D eigenvalue weighted by molar-refractivity contribution is -0.383. The molecule has 1 aliphatic rings. The summed E-state index contributed by atoms with van der Waals surface area (Å²) in [6, 6.07) is 16.8. The minimum atomic E-state index is -3.86. The second-order valence-electron chi connectivity index (χ2n) is 9.77. The Morgan fingerprint density at radius 2 is 1.80 bits per heavy atom. The predicted octanol–water partition coefficient (Wildman–Crippen LogP) is 3.38. The zero-order valence-corrected chi connectivity index (χ0v) is 23.3. The molecular formula is C28H30N6O6S. The third-order valence-electron chi connectivity index (χ3n) is 6.94. The number of benzene rings is 3. The number of nitrogens with two attached hydrogens (primary N) is 1. The molecule has 1 fully saturated rings. The van der Waals surface area contributed by atoms with E-state index in [1.165, 1.54) is 28.1 Å². The first-order valence-corrected chi connectivity index (χ1v) is 14.6. The van der Waals surface area contributed by atoms with E-state index in [1.807, 2.05) is 37.3 Å². The lowest BCUT2D eigenvalue weighted by Crippen LogP contribution is -2.48. The number of anilines is 1. The fourth-order valence-electron chi connectivity index (χ4n) is 4.79. The van der Waals surface area contributed by atoms with E-state index in [-0.39, 0.29) is 32.9 Å². The Balaban J connectivity index is 1.47. The Bertz CT molecular complexity index is 1750. The molecule has 0 aliphatic carbocycles. The molecule has 3 aromatic carbocycles. The van der Waals surface area contributed by atoms with E-state index in [4.69, 9.17) is 10.5 Å². The summed E-state index contributed by atoms with van der Waals surface area (Å²) in [4.78, 5) is 32.9. The normalized spacial score (nSPS) is 14.8. The van der Waals surface area contributed by atoms with Crippen molar-refractivity contribution in [2.24, 2.45) is 0 Å². The largest absolute Gasteiger partial charge is 0.493 e. The summed E-state index contributed by atoms with van der Waals surface area (Å²) in [6.07, 6.45) is 0.703. The topological polar surface area (TPSA) is 165 Å². The number of fused-ring (bicyclic) bond motifs is 1. The van der Waals surface area contributed by atoms with Crippen LogP contribution in [0.15, 0.2) is 70.4 Å². The van der Waals surface area contributed by atoms with Crippen LogP contribution in [0.2, 0.25) is 0 Å². The van der Waals surface area contributed by atoms with Crippen molar-refractivity contribution in [1.29, 1.82) is 0 Å². The van der Waals surface area contributed by atoms with Crippen molar-refractivity contribution < 1.29 is 18.1 Å². The molecule has 0 amide bonds. The number of nitro benzene ring substituents is 1. The van der Waals surface area contributed by atoms with Gasteiger partial charge in [0.15, 0.2) is 0 Å². The number of hydrogen-bond acceptors (Lipinski definition) is 9. The van der Waals surface area contributed by atoms with E-state index >= 15 is 0 Å². The maximum absolute atomic E-state index is 13.7. The first-order valence-electron chi connectivity index (χ1n) is 13.2. The van der Waals surface area contributed by atoms with Crippen molar-refractivity contribution in [2.45, 2.75) is 24.8 Å². The number of aromatic nitrogens is 2. The number of hydrogen-bond donors (Lipinski definition) is 2. The molecule has 214 valence electrons. The second kappa shape index (κ2) is 11.6. The summed E-state index contributed by atoms with van der Waals surface area (Å²) in [5.74, 6) is 0.405. The summed E-state index contributed by atoms with van der Waals surface area (Å²) in [5, 5.41) is 11.3. The summed E-state index contributed by atoms with van der Waals surface area (Å²) < 4.78 is 34.7. The number of piperazine rings is 1. The maximum Gasteiger partial charge on any atom is 0.293 e. The van der Waals surface area contributed by atoms with Crippen LogP contribution in [0.3, 0.4) is 0 Å². The number of nitrogen functional groups attached to an aromatic ring is 1. The smallest absolute Gasteiger partial charge is 0.293 e. The highest BCUT2D eigenvalue weighted by molar-refractivity contribution is 7.89. The van der Waals surface area contributed by atoms with Gasteiger partial charge >= 0.3 is 0 Å². The Labute approximate surface area is 236 Å². The van der Waals surface area contributed by atoms with Gasteiger partial charge in [0.25, 0.3) is 11.2 Å². The SMILES string of the molecule is CCCOc1ccc(S(=O)(=O)N2CCN(Cc3ccccc3)CC2)cc1-c1nc2cc(N)c([N+](=O)[O-])cc2c(=O)[nH]1. The lowest BCUT2D eigenvalue weighted by atomic mass is 10.1. The van der Waals surface area contributed by atoms with E-state index in [0.29, 0.717) is 45.0 Å². The van der Waals surface area contributed by atoms with E-state index in [1.54, 1.807) is 6.07 Å². The van der Waals surface area contributed by atoms with Crippen LogP contribution < -0.4 is 16.0 Å². The van der Waals surface area contributed by atoms with Crippen LogP contribution in [0.4, 0.5) is 11.4 Å². The van der Waals surface area contributed by atoms with Crippen molar-refractivity contribution in [3.05, 3.63) is 86.7 Å². The van der Waals surface area contributed by atoms with Crippen molar-refractivity contribution in [3.63, 3.8) is 0 Å². The quantitative estimate of drug-likeness (QED) is 0.172. The van der Waals surface area contributed by atoms with Gasteiger partial charge in [0.2, 0.25) is 10.0 Å². The van der Waals surface area contributed by atoms with E-state index in [0.717, 1.165) is 12.6 Å². The van der Waals surface area contributed by atoms with Gasteiger partial charge in [-0.2, -0.15) is 4.31 Å². The molecule has 41 heavy (non-hydrogen) atoms. The van der Waals surface area contributed by atoms with Crippen molar-refractivity contribution >= 4 is 32.3 Å². The maximum atomic E-state index is 13.7. The van der Waals surface area contributed by atoms with Gasteiger partial charge in [0, 0.05) is 38.8 Å². The number of sulfonamides is 1. The molecule has 5 rings (SSSR count). The fraction of sp³-hybridized carbons (Fsp3) is 0.286. The molecule has 13 heteroatoms. The van der Waals surface area contributed by atoms with Crippen LogP contribution in [0.5, 0.6) is 5.75 Å². The average molecular weight is 579 g/mol. The Morgan fingerprint density at radius 3 is 2.49 bits per heavy atom.